The number of hydrogen-bond acceptors (Lipinski definition) is 0. The maximum Gasteiger partial charge on any atom is 0.129 e. The van der Waals surface area contributed by atoms with Crippen molar-refractivity contribution >= 4 is 15.9 Å². The lowest BCUT2D eigenvalue weighted by Gasteiger charge is -2.25. The van der Waals surface area contributed by atoms with Gasteiger partial charge in [-0.05, 0) is 36.8 Å². The summed E-state index contributed by atoms with van der Waals surface area (Å²) in [5, 5.41) is 0. The summed E-state index contributed by atoms with van der Waals surface area (Å²) in [6.45, 7) is 0. The van der Waals surface area contributed by atoms with Gasteiger partial charge in [0.05, 0.1) is 0 Å². The van der Waals surface area contributed by atoms with Gasteiger partial charge in [0, 0.05) is 10.9 Å². The second kappa shape index (κ2) is 5.26. The highest BCUT2D eigenvalue weighted by molar-refractivity contribution is 9.09. The Morgan fingerprint density at radius 2 is 2.06 bits per heavy atom. The van der Waals surface area contributed by atoms with Gasteiger partial charge in [0.15, 0.2) is 0 Å². The van der Waals surface area contributed by atoms with E-state index in [2.05, 4.69) is 15.9 Å². The number of halogens is 3. The van der Waals surface area contributed by atoms with Crippen LogP contribution in [0.5, 0.6) is 0 Å². The Hall–Kier alpha value is -0.440. The summed E-state index contributed by atoms with van der Waals surface area (Å²) >= 11 is 3.62. The highest BCUT2D eigenvalue weighted by atomic mass is 79.9. The molecular formula is C13H15BrF2. The molecule has 1 saturated carbocycles. The van der Waals surface area contributed by atoms with Crippen LogP contribution in [0.3, 0.4) is 0 Å². The molecule has 1 aromatic rings. The molecule has 0 bridgehead atoms. The van der Waals surface area contributed by atoms with Crippen LogP contribution in [-0.2, 0) is 6.42 Å². The molecule has 0 N–H and O–H groups in total. The minimum Gasteiger partial charge on any atom is -0.207 e. The number of rotatable bonds is 2. The van der Waals surface area contributed by atoms with Gasteiger partial charge in [0.25, 0.3) is 0 Å². The summed E-state index contributed by atoms with van der Waals surface area (Å²) in [5.41, 5.74) is 0.646. The minimum absolute atomic E-state index is 0.406. The van der Waals surface area contributed by atoms with Crippen molar-refractivity contribution in [3.05, 3.63) is 35.4 Å². The third-order valence-electron chi connectivity index (χ3n) is 3.24. The van der Waals surface area contributed by atoms with Crippen LogP contribution in [0, 0.1) is 17.6 Å². The van der Waals surface area contributed by atoms with Gasteiger partial charge in [-0.2, -0.15) is 0 Å². The number of benzene rings is 1. The second-order valence-corrected chi connectivity index (χ2v) is 5.86. The zero-order valence-corrected chi connectivity index (χ0v) is 10.6. The zero-order valence-electron chi connectivity index (χ0n) is 9.06. The molecular weight excluding hydrogens is 274 g/mol. The van der Waals surface area contributed by atoms with E-state index in [0.29, 0.717) is 16.3 Å². The van der Waals surface area contributed by atoms with E-state index >= 15 is 0 Å². The first kappa shape index (κ1) is 12.0. The Balaban J connectivity index is 2.02. The Morgan fingerprint density at radius 1 is 1.25 bits per heavy atom. The molecule has 0 amide bonds. The third kappa shape index (κ3) is 3.03. The van der Waals surface area contributed by atoms with Crippen LogP contribution >= 0.6 is 15.9 Å². The first-order chi connectivity index (χ1) is 7.65. The Morgan fingerprint density at radius 3 is 2.75 bits per heavy atom. The third-order valence-corrected chi connectivity index (χ3v) is 4.07. The Kier molecular flexibility index (Phi) is 3.95. The summed E-state index contributed by atoms with van der Waals surface area (Å²) in [6, 6.07) is 3.89. The molecule has 0 spiro atoms. The molecule has 0 aromatic heterocycles. The summed E-state index contributed by atoms with van der Waals surface area (Å²) in [5.74, 6) is -0.377. The van der Waals surface area contributed by atoms with Crippen LogP contribution < -0.4 is 0 Å². The van der Waals surface area contributed by atoms with Gasteiger partial charge >= 0.3 is 0 Å². The van der Waals surface area contributed by atoms with Gasteiger partial charge in [0.2, 0.25) is 0 Å². The van der Waals surface area contributed by atoms with E-state index in [0.717, 1.165) is 25.3 Å². The monoisotopic (exact) mass is 288 g/mol. The molecule has 0 radical (unpaired) electrons. The van der Waals surface area contributed by atoms with Crippen molar-refractivity contribution < 1.29 is 8.78 Å². The van der Waals surface area contributed by atoms with E-state index in [-0.39, 0.29) is 0 Å². The topological polar surface area (TPSA) is 0 Å². The highest BCUT2D eigenvalue weighted by Gasteiger charge is 2.21. The van der Waals surface area contributed by atoms with E-state index in [9.17, 15) is 8.78 Å². The van der Waals surface area contributed by atoms with Crippen molar-refractivity contribution in [2.75, 3.05) is 0 Å². The summed E-state index contributed by atoms with van der Waals surface area (Å²) in [7, 11) is 0. The average Bonchev–Trinajstić information content (AvgIpc) is 2.22. The first-order valence-corrected chi connectivity index (χ1v) is 6.64. The SMILES string of the molecule is Fc1ccc(CC2CCCC(Br)C2)c(F)c1. The lowest BCUT2D eigenvalue weighted by atomic mass is 9.84. The van der Waals surface area contributed by atoms with E-state index in [4.69, 9.17) is 0 Å². The molecule has 0 heterocycles. The van der Waals surface area contributed by atoms with E-state index < -0.39 is 11.6 Å². The van der Waals surface area contributed by atoms with Crippen LogP contribution in [0.25, 0.3) is 0 Å². The summed E-state index contributed by atoms with van der Waals surface area (Å²) in [4.78, 5) is 0.565. The van der Waals surface area contributed by atoms with Crippen molar-refractivity contribution in [2.24, 2.45) is 5.92 Å². The standard InChI is InChI=1S/C13H15BrF2/c14-11-3-1-2-9(7-11)6-10-4-5-12(15)8-13(10)16/h4-5,8-9,11H,1-3,6-7H2. The fourth-order valence-corrected chi connectivity index (χ4v) is 3.26. The number of hydrogen-bond donors (Lipinski definition) is 0. The molecule has 2 atom stereocenters. The molecule has 0 saturated heterocycles. The molecule has 88 valence electrons. The molecule has 2 unspecified atom stereocenters. The molecule has 1 aromatic carbocycles. The van der Waals surface area contributed by atoms with Crippen molar-refractivity contribution in [1.82, 2.24) is 0 Å². The highest BCUT2D eigenvalue weighted by Crippen LogP contribution is 2.31. The Bertz CT molecular complexity index is 365. The van der Waals surface area contributed by atoms with Gasteiger partial charge in [-0.1, -0.05) is 34.8 Å². The minimum atomic E-state index is -0.497. The van der Waals surface area contributed by atoms with E-state index in [1.54, 1.807) is 6.07 Å². The van der Waals surface area contributed by atoms with Gasteiger partial charge in [-0.3, -0.25) is 0 Å². The van der Waals surface area contributed by atoms with Gasteiger partial charge in [0.1, 0.15) is 11.6 Å². The van der Waals surface area contributed by atoms with Crippen LogP contribution in [0.2, 0.25) is 0 Å². The number of alkyl halides is 1. The summed E-state index contributed by atoms with van der Waals surface area (Å²) in [6.07, 6.45) is 5.38. The summed E-state index contributed by atoms with van der Waals surface area (Å²) < 4.78 is 26.2. The molecule has 0 aliphatic heterocycles. The molecule has 2 rings (SSSR count). The zero-order chi connectivity index (χ0) is 11.5. The average molecular weight is 289 g/mol. The lowest BCUT2D eigenvalue weighted by molar-refractivity contribution is 0.363. The fraction of sp³-hybridized carbons (Fsp3) is 0.538. The van der Waals surface area contributed by atoms with Crippen LogP contribution in [-0.4, -0.2) is 4.83 Å². The maximum atomic E-state index is 13.5. The fourth-order valence-electron chi connectivity index (χ4n) is 2.41. The Labute approximate surface area is 103 Å². The van der Waals surface area contributed by atoms with Crippen LogP contribution in [0.4, 0.5) is 8.78 Å². The van der Waals surface area contributed by atoms with Gasteiger partial charge < -0.3 is 0 Å². The smallest absolute Gasteiger partial charge is 0.129 e. The second-order valence-electron chi connectivity index (χ2n) is 4.57. The quantitative estimate of drug-likeness (QED) is 0.705. The molecule has 1 aliphatic carbocycles. The van der Waals surface area contributed by atoms with Gasteiger partial charge in [-0.25, -0.2) is 8.78 Å². The largest absolute Gasteiger partial charge is 0.207 e. The van der Waals surface area contributed by atoms with E-state index in [1.165, 1.54) is 18.9 Å². The van der Waals surface area contributed by atoms with Crippen LogP contribution in [0.15, 0.2) is 18.2 Å². The van der Waals surface area contributed by atoms with E-state index in [1.807, 2.05) is 0 Å². The lowest BCUT2D eigenvalue weighted by Crippen LogP contribution is -2.17. The van der Waals surface area contributed by atoms with Crippen molar-refractivity contribution in [1.29, 1.82) is 0 Å². The molecule has 3 heteroatoms. The predicted molar refractivity (Wildman–Crippen MR) is 64.7 cm³/mol. The van der Waals surface area contributed by atoms with Crippen molar-refractivity contribution in [3.8, 4) is 0 Å². The first-order valence-electron chi connectivity index (χ1n) is 5.73. The molecule has 1 aliphatic rings. The molecule has 16 heavy (non-hydrogen) atoms. The van der Waals surface area contributed by atoms with Crippen LogP contribution in [0.1, 0.15) is 31.2 Å². The van der Waals surface area contributed by atoms with Crippen molar-refractivity contribution in [2.45, 2.75) is 36.9 Å². The van der Waals surface area contributed by atoms with Gasteiger partial charge in [-0.15, -0.1) is 0 Å². The normalized spacial score (nSPS) is 25.7. The maximum absolute atomic E-state index is 13.5. The predicted octanol–water partition coefficient (Wildman–Crippen LogP) is 4.46. The molecule has 0 nitrogen and oxygen atoms in total. The molecule has 1 fully saturated rings. The van der Waals surface area contributed by atoms with Crippen molar-refractivity contribution in [3.63, 3.8) is 0 Å².